The van der Waals surface area contributed by atoms with Gasteiger partial charge in [-0.05, 0) is 40.8 Å². The molecule has 2 aromatic carbocycles. The molecule has 0 aliphatic carbocycles. The maximum atomic E-state index is 13.1. The van der Waals surface area contributed by atoms with Crippen LogP contribution in [-0.2, 0) is 13.7 Å². The summed E-state index contributed by atoms with van der Waals surface area (Å²) in [6, 6.07) is 8.55. The van der Waals surface area contributed by atoms with E-state index in [1.54, 1.807) is 18.2 Å². The zero-order valence-electron chi connectivity index (χ0n) is 13.4. The van der Waals surface area contributed by atoms with E-state index in [-0.39, 0.29) is 18.1 Å². The summed E-state index contributed by atoms with van der Waals surface area (Å²) in [6.07, 6.45) is -2.81. The predicted molar refractivity (Wildman–Crippen MR) is 91.7 cm³/mol. The first kappa shape index (κ1) is 18.1. The fourth-order valence-corrected chi connectivity index (χ4v) is 2.81. The topological polar surface area (TPSA) is 82.2 Å². The number of rotatable bonds is 5. The minimum absolute atomic E-state index is 0.0639. The summed E-state index contributed by atoms with van der Waals surface area (Å²) in [5.74, 6) is -0.341. The van der Waals surface area contributed by atoms with Crippen LogP contribution >= 0.6 is 15.9 Å². The second kappa shape index (κ2) is 7.24. The molecule has 136 valence electrons. The van der Waals surface area contributed by atoms with Crippen LogP contribution in [0.3, 0.4) is 0 Å². The first-order valence-corrected chi connectivity index (χ1v) is 8.18. The number of phenols is 1. The van der Waals surface area contributed by atoms with Crippen molar-refractivity contribution in [2.24, 2.45) is 7.05 Å². The van der Waals surface area contributed by atoms with Gasteiger partial charge >= 0.3 is 5.69 Å². The number of aromatic nitrogens is 4. The van der Waals surface area contributed by atoms with Gasteiger partial charge in [-0.2, -0.15) is 9.36 Å². The van der Waals surface area contributed by atoms with Crippen molar-refractivity contribution in [1.29, 1.82) is 0 Å². The van der Waals surface area contributed by atoms with Crippen LogP contribution in [0.2, 0.25) is 0 Å². The van der Waals surface area contributed by atoms with E-state index >= 15 is 0 Å². The molecule has 0 amide bonds. The van der Waals surface area contributed by atoms with Gasteiger partial charge in [0.2, 0.25) is 0 Å². The molecule has 1 heterocycles. The van der Waals surface area contributed by atoms with E-state index in [9.17, 15) is 18.7 Å². The maximum Gasteiger partial charge on any atom is 0.368 e. The number of hydrogen-bond acceptors (Lipinski definition) is 5. The molecule has 0 unspecified atom stereocenters. The van der Waals surface area contributed by atoms with Gasteiger partial charge in [-0.3, -0.25) is 0 Å². The molecule has 0 saturated carbocycles. The largest absolute Gasteiger partial charge is 0.508 e. The van der Waals surface area contributed by atoms with Gasteiger partial charge in [0.15, 0.2) is 0 Å². The van der Waals surface area contributed by atoms with Gasteiger partial charge in [0, 0.05) is 17.1 Å². The molecular formula is C16H13BrF2N4O3. The average Bonchev–Trinajstić information content (AvgIpc) is 2.93. The smallest absolute Gasteiger partial charge is 0.368 e. The van der Waals surface area contributed by atoms with E-state index in [2.05, 4.69) is 26.4 Å². The van der Waals surface area contributed by atoms with Gasteiger partial charge in [0.25, 0.3) is 6.43 Å². The number of benzene rings is 2. The molecule has 10 heteroatoms. The van der Waals surface area contributed by atoms with Crippen molar-refractivity contribution in [3.63, 3.8) is 0 Å². The van der Waals surface area contributed by atoms with Crippen LogP contribution in [0.15, 0.2) is 45.7 Å². The fraction of sp³-hybridized carbons (Fsp3) is 0.188. The minimum Gasteiger partial charge on any atom is -0.508 e. The molecule has 7 nitrogen and oxygen atoms in total. The third kappa shape index (κ3) is 3.45. The van der Waals surface area contributed by atoms with Gasteiger partial charge in [-0.15, -0.1) is 0 Å². The zero-order chi connectivity index (χ0) is 18.8. The molecule has 3 rings (SSSR count). The van der Waals surface area contributed by atoms with Gasteiger partial charge < -0.3 is 9.84 Å². The molecule has 3 aromatic rings. The highest BCUT2D eigenvalue weighted by atomic mass is 79.9. The Morgan fingerprint density at radius 2 is 2.04 bits per heavy atom. The molecule has 1 aromatic heterocycles. The summed E-state index contributed by atoms with van der Waals surface area (Å²) >= 11 is 3.37. The second-order valence-electron chi connectivity index (χ2n) is 5.35. The van der Waals surface area contributed by atoms with Crippen molar-refractivity contribution < 1.29 is 18.6 Å². The number of hydrogen-bond donors (Lipinski definition) is 1. The van der Waals surface area contributed by atoms with Crippen LogP contribution in [0.4, 0.5) is 8.78 Å². The molecule has 0 bridgehead atoms. The summed E-state index contributed by atoms with van der Waals surface area (Å²) in [7, 11) is 1.46. The van der Waals surface area contributed by atoms with Crippen LogP contribution in [0.1, 0.15) is 17.6 Å². The third-order valence-electron chi connectivity index (χ3n) is 3.64. The monoisotopic (exact) mass is 426 g/mol. The molecular weight excluding hydrogens is 414 g/mol. The Bertz CT molecular complexity index is 1000. The van der Waals surface area contributed by atoms with Crippen molar-refractivity contribution in [2.45, 2.75) is 13.0 Å². The number of halogens is 3. The third-order valence-corrected chi connectivity index (χ3v) is 4.39. The molecule has 0 spiro atoms. The minimum atomic E-state index is -2.81. The lowest BCUT2D eigenvalue weighted by atomic mass is 10.1. The molecule has 0 saturated heterocycles. The number of tetrazole rings is 1. The van der Waals surface area contributed by atoms with Crippen LogP contribution in [0.5, 0.6) is 11.5 Å². The van der Waals surface area contributed by atoms with Crippen LogP contribution in [-0.4, -0.2) is 24.9 Å². The average molecular weight is 427 g/mol. The van der Waals surface area contributed by atoms with Crippen molar-refractivity contribution in [1.82, 2.24) is 19.8 Å². The first-order chi connectivity index (χ1) is 12.4. The summed E-state index contributed by atoms with van der Waals surface area (Å²) in [5.41, 5.74) is 0.0655. The van der Waals surface area contributed by atoms with E-state index in [1.165, 1.54) is 19.2 Å². The summed E-state index contributed by atoms with van der Waals surface area (Å²) < 4.78 is 34.6. The van der Waals surface area contributed by atoms with Gasteiger partial charge in [0.1, 0.15) is 18.1 Å². The Morgan fingerprint density at radius 1 is 1.27 bits per heavy atom. The van der Waals surface area contributed by atoms with E-state index in [0.717, 1.165) is 15.4 Å². The normalized spacial score (nSPS) is 11.1. The Morgan fingerprint density at radius 3 is 2.69 bits per heavy atom. The van der Waals surface area contributed by atoms with Crippen LogP contribution < -0.4 is 10.4 Å². The highest BCUT2D eigenvalue weighted by Crippen LogP contribution is 2.33. The van der Waals surface area contributed by atoms with Crippen LogP contribution in [0, 0.1) is 0 Å². The lowest BCUT2D eigenvalue weighted by molar-refractivity contribution is 0.144. The standard InChI is InChI=1S/C16H13BrF2N4O3/c1-22-16(25)23(21-20-22)13-4-2-3-12(17)11(13)8-26-14-6-5-9(24)7-10(14)15(18)19/h2-7,15,24H,8H2,1H3. The summed E-state index contributed by atoms with van der Waals surface area (Å²) in [5, 5.41) is 16.8. The van der Waals surface area contributed by atoms with Gasteiger partial charge in [-0.25, -0.2) is 13.6 Å². The Kier molecular flexibility index (Phi) is 5.03. The van der Waals surface area contributed by atoms with Crippen molar-refractivity contribution in [3.05, 3.63) is 62.5 Å². The van der Waals surface area contributed by atoms with Gasteiger partial charge in [-0.1, -0.05) is 22.0 Å². The highest BCUT2D eigenvalue weighted by molar-refractivity contribution is 9.10. The molecule has 26 heavy (non-hydrogen) atoms. The molecule has 0 aliphatic rings. The van der Waals surface area contributed by atoms with Crippen molar-refractivity contribution >= 4 is 15.9 Å². The number of aromatic hydroxyl groups is 1. The highest BCUT2D eigenvalue weighted by Gasteiger charge is 2.18. The lowest BCUT2D eigenvalue weighted by Crippen LogP contribution is -2.23. The first-order valence-electron chi connectivity index (χ1n) is 7.39. The Balaban J connectivity index is 1.97. The van der Waals surface area contributed by atoms with Crippen molar-refractivity contribution in [2.75, 3.05) is 0 Å². The molecule has 0 fully saturated rings. The second-order valence-corrected chi connectivity index (χ2v) is 6.20. The fourth-order valence-electron chi connectivity index (χ4n) is 2.34. The quantitative estimate of drug-likeness (QED) is 0.677. The van der Waals surface area contributed by atoms with Crippen LogP contribution in [0.25, 0.3) is 5.69 Å². The van der Waals surface area contributed by atoms with E-state index < -0.39 is 17.7 Å². The lowest BCUT2D eigenvalue weighted by Gasteiger charge is -2.14. The Hall–Kier alpha value is -2.75. The molecule has 0 atom stereocenters. The zero-order valence-corrected chi connectivity index (χ0v) is 15.0. The number of phenolic OH excluding ortho intramolecular Hbond substituents is 1. The predicted octanol–water partition coefficient (Wildman–Crippen LogP) is 2.95. The van der Waals surface area contributed by atoms with E-state index in [4.69, 9.17) is 4.74 Å². The molecule has 0 aliphatic heterocycles. The Labute approximate surface area is 154 Å². The number of alkyl halides is 2. The summed E-state index contributed by atoms with van der Waals surface area (Å²) in [4.78, 5) is 12.1. The van der Waals surface area contributed by atoms with E-state index in [1.807, 2.05) is 0 Å². The van der Waals surface area contributed by atoms with Crippen molar-refractivity contribution in [3.8, 4) is 17.2 Å². The molecule has 1 N–H and O–H groups in total. The van der Waals surface area contributed by atoms with E-state index in [0.29, 0.717) is 15.7 Å². The molecule has 0 radical (unpaired) electrons. The number of nitrogens with zero attached hydrogens (tertiary/aromatic N) is 4. The van der Waals surface area contributed by atoms with Gasteiger partial charge in [0.05, 0.1) is 11.3 Å². The summed E-state index contributed by atoms with van der Waals surface area (Å²) in [6.45, 7) is -0.107. The maximum absolute atomic E-state index is 13.1. The SMILES string of the molecule is Cn1nnn(-c2cccc(Br)c2COc2ccc(O)cc2C(F)F)c1=O. The number of aryl methyl sites for hydroxylation is 1. The number of ether oxygens (including phenoxy) is 1.